The van der Waals surface area contributed by atoms with Gasteiger partial charge in [0.1, 0.15) is 0 Å². The quantitative estimate of drug-likeness (QED) is 0.704. The fourth-order valence-electron chi connectivity index (χ4n) is 3.30. The van der Waals surface area contributed by atoms with Crippen LogP contribution in [0.3, 0.4) is 0 Å². The number of nitrogens with zero attached hydrogens (tertiary/aromatic N) is 3. The van der Waals surface area contributed by atoms with Gasteiger partial charge in [0.25, 0.3) is 0 Å². The second-order valence-corrected chi connectivity index (χ2v) is 7.02. The highest BCUT2D eigenvalue weighted by Gasteiger charge is 2.37. The summed E-state index contributed by atoms with van der Waals surface area (Å²) in [5, 5.41) is 10.9. The molecule has 3 aromatic rings. The zero-order valence-corrected chi connectivity index (χ0v) is 13.6. The van der Waals surface area contributed by atoms with E-state index in [-0.39, 0.29) is 5.41 Å². The van der Waals surface area contributed by atoms with Crippen LogP contribution in [0, 0.1) is 11.3 Å². The molecule has 114 valence electrons. The van der Waals surface area contributed by atoms with Crippen LogP contribution in [-0.2, 0) is 5.41 Å². The number of fused-ring (bicyclic) bond motifs is 1. The lowest BCUT2D eigenvalue weighted by Gasteiger charge is -2.37. The van der Waals surface area contributed by atoms with Crippen molar-refractivity contribution < 1.29 is 0 Å². The molecule has 0 bridgehead atoms. The van der Waals surface area contributed by atoms with Crippen LogP contribution in [0.4, 0.5) is 5.13 Å². The number of rotatable bonds is 2. The van der Waals surface area contributed by atoms with E-state index in [0.29, 0.717) is 0 Å². The van der Waals surface area contributed by atoms with E-state index in [2.05, 4.69) is 41.3 Å². The summed E-state index contributed by atoms with van der Waals surface area (Å²) in [5.41, 5.74) is 1.85. The highest BCUT2D eigenvalue weighted by molar-refractivity contribution is 7.22. The van der Waals surface area contributed by atoms with Gasteiger partial charge in [-0.2, -0.15) is 5.26 Å². The fourth-order valence-corrected chi connectivity index (χ4v) is 4.31. The molecule has 2 heterocycles. The van der Waals surface area contributed by atoms with Crippen molar-refractivity contribution in [2.75, 3.05) is 18.0 Å². The lowest BCUT2D eigenvalue weighted by atomic mass is 9.74. The Morgan fingerprint density at radius 2 is 1.70 bits per heavy atom. The Kier molecular flexibility index (Phi) is 3.51. The van der Waals surface area contributed by atoms with Crippen LogP contribution in [0.15, 0.2) is 54.6 Å². The molecule has 4 rings (SSSR count). The number of thiazole rings is 1. The van der Waals surface area contributed by atoms with Crippen LogP contribution >= 0.6 is 11.3 Å². The van der Waals surface area contributed by atoms with Crippen LogP contribution in [0.5, 0.6) is 0 Å². The number of benzene rings is 2. The molecule has 0 spiro atoms. The van der Waals surface area contributed by atoms with Crippen LogP contribution < -0.4 is 4.90 Å². The van der Waals surface area contributed by atoms with Crippen molar-refractivity contribution >= 4 is 26.7 Å². The summed E-state index contributed by atoms with van der Waals surface area (Å²) in [6.45, 7) is 1.75. The molecule has 0 unspecified atom stereocenters. The molecule has 4 heteroatoms. The van der Waals surface area contributed by atoms with Gasteiger partial charge in [-0.3, -0.25) is 0 Å². The fraction of sp³-hybridized carbons (Fsp3) is 0.263. The average molecular weight is 319 g/mol. The summed E-state index contributed by atoms with van der Waals surface area (Å²) < 4.78 is 1.22. The summed E-state index contributed by atoms with van der Waals surface area (Å²) in [5.74, 6) is 0. The van der Waals surface area contributed by atoms with Gasteiger partial charge >= 0.3 is 0 Å². The first-order chi connectivity index (χ1) is 11.3. The Hall–Kier alpha value is -2.38. The monoisotopic (exact) mass is 319 g/mol. The van der Waals surface area contributed by atoms with Crippen molar-refractivity contribution in [2.45, 2.75) is 18.3 Å². The molecular weight excluding hydrogens is 302 g/mol. The van der Waals surface area contributed by atoms with Gasteiger partial charge in [0.2, 0.25) is 0 Å². The molecule has 0 saturated carbocycles. The normalized spacial score (nSPS) is 17.1. The van der Waals surface area contributed by atoms with E-state index >= 15 is 0 Å². The van der Waals surface area contributed by atoms with E-state index in [1.807, 2.05) is 24.3 Å². The van der Waals surface area contributed by atoms with E-state index in [1.54, 1.807) is 11.3 Å². The molecule has 0 aliphatic carbocycles. The lowest BCUT2D eigenvalue weighted by Crippen LogP contribution is -2.41. The Balaban J connectivity index is 1.57. The van der Waals surface area contributed by atoms with Crippen molar-refractivity contribution in [2.24, 2.45) is 0 Å². The molecule has 1 aliphatic rings. The zero-order chi connectivity index (χ0) is 15.7. The Labute approximate surface area is 139 Å². The molecule has 1 saturated heterocycles. The maximum Gasteiger partial charge on any atom is 0.186 e. The van der Waals surface area contributed by atoms with Crippen LogP contribution in [-0.4, -0.2) is 18.1 Å². The van der Waals surface area contributed by atoms with Gasteiger partial charge in [0.05, 0.1) is 21.7 Å². The molecular formula is C19H17N3S. The largest absolute Gasteiger partial charge is 0.348 e. The number of hydrogen-bond donors (Lipinski definition) is 0. The van der Waals surface area contributed by atoms with Crippen molar-refractivity contribution in [1.29, 1.82) is 5.26 Å². The second-order valence-electron chi connectivity index (χ2n) is 6.01. The standard InChI is InChI=1S/C19H17N3S/c20-14-19(15-6-2-1-3-7-15)10-12-22(13-11-19)18-21-16-8-4-5-9-17(16)23-18/h1-9H,10-13H2. The number of hydrogen-bond acceptors (Lipinski definition) is 4. The smallest absolute Gasteiger partial charge is 0.186 e. The van der Waals surface area contributed by atoms with Gasteiger partial charge in [-0.15, -0.1) is 0 Å². The number of anilines is 1. The average Bonchev–Trinajstić information content (AvgIpc) is 3.06. The predicted molar refractivity (Wildman–Crippen MR) is 94.8 cm³/mol. The molecule has 2 aromatic carbocycles. The van der Waals surface area contributed by atoms with Gasteiger partial charge in [-0.05, 0) is 30.5 Å². The van der Waals surface area contributed by atoms with E-state index in [0.717, 1.165) is 42.1 Å². The number of nitriles is 1. The highest BCUT2D eigenvalue weighted by Crippen LogP contribution is 2.38. The summed E-state index contributed by atoms with van der Waals surface area (Å²) in [6, 6.07) is 21.0. The van der Waals surface area contributed by atoms with Crippen molar-refractivity contribution in [3.63, 3.8) is 0 Å². The first-order valence-corrected chi connectivity index (χ1v) is 8.70. The minimum atomic E-state index is -0.353. The van der Waals surface area contributed by atoms with Gasteiger partial charge in [-0.25, -0.2) is 4.98 Å². The van der Waals surface area contributed by atoms with E-state index < -0.39 is 0 Å². The minimum Gasteiger partial charge on any atom is -0.348 e. The summed E-state index contributed by atoms with van der Waals surface area (Å²) >= 11 is 1.74. The minimum absolute atomic E-state index is 0.353. The predicted octanol–water partition coefficient (Wildman–Crippen LogP) is 4.36. The van der Waals surface area contributed by atoms with Crippen molar-refractivity contribution in [3.05, 3.63) is 60.2 Å². The third kappa shape index (κ3) is 2.47. The molecule has 0 atom stereocenters. The number of para-hydroxylation sites is 1. The Bertz CT molecular complexity index is 822. The van der Waals surface area contributed by atoms with Gasteiger partial charge in [-0.1, -0.05) is 53.8 Å². The topological polar surface area (TPSA) is 39.9 Å². The molecule has 0 amide bonds. The highest BCUT2D eigenvalue weighted by atomic mass is 32.1. The zero-order valence-electron chi connectivity index (χ0n) is 12.8. The molecule has 1 aromatic heterocycles. The maximum absolute atomic E-state index is 9.78. The molecule has 0 N–H and O–H groups in total. The van der Waals surface area contributed by atoms with E-state index in [4.69, 9.17) is 4.98 Å². The number of aromatic nitrogens is 1. The van der Waals surface area contributed by atoms with E-state index in [1.165, 1.54) is 4.70 Å². The summed E-state index contributed by atoms with van der Waals surface area (Å²) in [4.78, 5) is 7.07. The first kappa shape index (κ1) is 14.2. The Morgan fingerprint density at radius 3 is 2.39 bits per heavy atom. The maximum atomic E-state index is 9.78. The van der Waals surface area contributed by atoms with Gasteiger partial charge in [0.15, 0.2) is 5.13 Å². The molecule has 1 aliphatic heterocycles. The van der Waals surface area contributed by atoms with Gasteiger partial charge in [0, 0.05) is 13.1 Å². The van der Waals surface area contributed by atoms with Crippen LogP contribution in [0.1, 0.15) is 18.4 Å². The molecule has 0 radical (unpaired) electrons. The van der Waals surface area contributed by atoms with Crippen molar-refractivity contribution in [1.82, 2.24) is 4.98 Å². The van der Waals surface area contributed by atoms with E-state index in [9.17, 15) is 5.26 Å². The first-order valence-electron chi connectivity index (χ1n) is 7.88. The Morgan fingerprint density at radius 1 is 1.00 bits per heavy atom. The molecule has 23 heavy (non-hydrogen) atoms. The summed E-state index contributed by atoms with van der Waals surface area (Å²) in [6.07, 6.45) is 1.70. The summed E-state index contributed by atoms with van der Waals surface area (Å²) in [7, 11) is 0. The third-order valence-electron chi connectivity index (χ3n) is 4.71. The SMILES string of the molecule is N#CC1(c2ccccc2)CCN(c2nc3ccccc3s2)CC1. The van der Waals surface area contributed by atoms with Gasteiger partial charge < -0.3 is 4.90 Å². The second kappa shape index (κ2) is 5.68. The lowest BCUT2D eigenvalue weighted by molar-refractivity contribution is 0.415. The molecule has 3 nitrogen and oxygen atoms in total. The molecule has 1 fully saturated rings. The number of piperidine rings is 1. The van der Waals surface area contributed by atoms with Crippen molar-refractivity contribution in [3.8, 4) is 6.07 Å². The van der Waals surface area contributed by atoms with Crippen LogP contribution in [0.25, 0.3) is 10.2 Å². The van der Waals surface area contributed by atoms with Crippen LogP contribution in [0.2, 0.25) is 0 Å². The third-order valence-corrected chi connectivity index (χ3v) is 5.81.